The second-order valence-corrected chi connectivity index (χ2v) is 22.1. The van der Waals surface area contributed by atoms with Gasteiger partial charge in [-0.2, -0.15) is 0 Å². The number of hydrogen-bond acceptors (Lipinski definition) is 1. The SMILES string of the molecule is COc1c(C(C)(C)C)cc(-c2c3c(cc4c2C2CCC4C2)C([Si](C)(C)C2C(C)=C(C)C(C)=C2C)C(C)=C3)cc1C(C)(C)C. The van der Waals surface area contributed by atoms with Crippen LogP contribution in [0.1, 0.15) is 146 Å². The van der Waals surface area contributed by atoms with E-state index in [1.54, 1.807) is 39.0 Å². The summed E-state index contributed by atoms with van der Waals surface area (Å²) < 4.78 is 6.21. The summed E-state index contributed by atoms with van der Waals surface area (Å²) in [6.07, 6.45) is 6.68. The Morgan fingerprint density at radius 1 is 0.721 bits per heavy atom. The fourth-order valence-electron chi connectivity index (χ4n) is 10.0. The van der Waals surface area contributed by atoms with Gasteiger partial charge < -0.3 is 4.74 Å². The first-order valence-corrected chi connectivity index (χ1v) is 20.0. The average Bonchev–Trinajstić information content (AvgIpc) is 3.65. The van der Waals surface area contributed by atoms with Gasteiger partial charge in [0.25, 0.3) is 0 Å². The maximum atomic E-state index is 6.21. The van der Waals surface area contributed by atoms with E-state index in [1.807, 2.05) is 7.11 Å². The summed E-state index contributed by atoms with van der Waals surface area (Å²) in [6.45, 7) is 31.4. The predicted molar refractivity (Wildman–Crippen MR) is 190 cm³/mol. The highest BCUT2D eigenvalue weighted by Gasteiger charge is 2.49. The third-order valence-electron chi connectivity index (χ3n) is 12.2. The van der Waals surface area contributed by atoms with Crippen molar-refractivity contribution in [2.75, 3.05) is 7.11 Å². The molecule has 0 radical (unpaired) electrons. The van der Waals surface area contributed by atoms with Gasteiger partial charge in [0.05, 0.1) is 15.2 Å². The van der Waals surface area contributed by atoms with Gasteiger partial charge in [0.15, 0.2) is 0 Å². The first-order chi connectivity index (χ1) is 19.9. The van der Waals surface area contributed by atoms with E-state index in [1.165, 1.54) is 52.7 Å². The van der Waals surface area contributed by atoms with Crippen molar-refractivity contribution >= 4 is 14.1 Å². The van der Waals surface area contributed by atoms with Crippen LogP contribution in [0.4, 0.5) is 0 Å². The highest BCUT2D eigenvalue weighted by atomic mass is 28.3. The second-order valence-electron chi connectivity index (χ2n) is 17.3. The second kappa shape index (κ2) is 9.84. The number of ether oxygens (including phenoxy) is 1. The Morgan fingerprint density at radius 2 is 1.26 bits per heavy atom. The Morgan fingerprint density at radius 3 is 1.77 bits per heavy atom. The topological polar surface area (TPSA) is 9.23 Å². The van der Waals surface area contributed by atoms with Gasteiger partial charge in [-0.25, -0.2) is 0 Å². The van der Waals surface area contributed by atoms with E-state index < -0.39 is 8.07 Å². The van der Waals surface area contributed by atoms with Crippen LogP contribution >= 0.6 is 0 Å². The number of hydrogen-bond donors (Lipinski definition) is 0. The fraction of sp³-hybridized carbons (Fsp3) is 0.561. The van der Waals surface area contributed by atoms with Crippen molar-refractivity contribution in [1.29, 1.82) is 0 Å². The molecule has 1 fully saturated rings. The smallest absolute Gasteiger partial charge is 0.126 e. The molecule has 0 amide bonds. The summed E-state index contributed by atoms with van der Waals surface area (Å²) in [5.74, 6) is 2.51. The van der Waals surface area contributed by atoms with Gasteiger partial charge in [0.2, 0.25) is 0 Å². The summed E-state index contributed by atoms with van der Waals surface area (Å²) in [7, 11) is 0.0210. The number of rotatable bonds is 4. The molecule has 0 heterocycles. The number of methoxy groups -OCH3 is 1. The molecule has 0 N–H and O–H groups in total. The molecule has 3 unspecified atom stereocenters. The van der Waals surface area contributed by atoms with E-state index in [0.29, 0.717) is 17.0 Å². The van der Waals surface area contributed by atoms with Crippen molar-refractivity contribution in [3.8, 4) is 16.9 Å². The predicted octanol–water partition coefficient (Wildman–Crippen LogP) is 12.1. The number of benzene rings is 2. The van der Waals surface area contributed by atoms with Gasteiger partial charge in [0, 0.05) is 16.7 Å². The standard InChI is InChI=1S/C41H56OSi/c1-22-17-31-32(38(22)43(13,14)39-25(4)23(2)24(3)26(39)5)21-30-27-15-16-28(18-27)35(30)36(31)29-19-33(40(6,7)8)37(42-12)34(20-29)41(9,10)11/h17,19-21,27-28,38-39H,15-16,18H2,1-14H3. The minimum Gasteiger partial charge on any atom is -0.496 e. The quantitative estimate of drug-likeness (QED) is 0.321. The van der Waals surface area contributed by atoms with Gasteiger partial charge in [0.1, 0.15) is 5.75 Å². The van der Waals surface area contributed by atoms with Crippen molar-refractivity contribution in [3.63, 3.8) is 0 Å². The maximum absolute atomic E-state index is 6.21. The van der Waals surface area contributed by atoms with Crippen LogP contribution in [0.3, 0.4) is 0 Å². The summed E-state index contributed by atoms with van der Waals surface area (Å²) in [5, 5.41) is 0. The molecule has 0 aromatic heterocycles. The van der Waals surface area contributed by atoms with Crippen LogP contribution < -0.4 is 4.74 Å². The summed E-state index contributed by atoms with van der Waals surface area (Å²) in [6, 6.07) is 7.76. The van der Waals surface area contributed by atoms with E-state index in [2.05, 4.69) is 114 Å². The van der Waals surface area contributed by atoms with Crippen molar-refractivity contribution in [2.24, 2.45) is 0 Å². The van der Waals surface area contributed by atoms with E-state index >= 15 is 0 Å². The molecule has 2 aromatic carbocycles. The summed E-state index contributed by atoms with van der Waals surface area (Å²) in [5.41, 5.74) is 21.2. The number of fused-ring (bicyclic) bond motifs is 6. The zero-order chi connectivity index (χ0) is 31.5. The van der Waals surface area contributed by atoms with Crippen molar-refractivity contribution in [1.82, 2.24) is 0 Å². The monoisotopic (exact) mass is 592 g/mol. The van der Waals surface area contributed by atoms with Crippen LogP contribution in [0.25, 0.3) is 17.2 Å². The van der Waals surface area contributed by atoms with Crippen molar-refractivity contribution < 1.29 is 4.74 Å². The number of allylic oxidation sites excluding steroid dienone is 5. The molecule has 1 saturated carbocycles. The molecule has 0 saturated heterocycles. The summed E-state index contributed by atoms with van der Waals surface area (Å²) in [4.78, 5) is 0. The molecule has 0 spiro atoms. The molecule has 4 aliphatic carbocycles. The summed E-state index contributed by atoms with van der Waals surface area (Å²) >= 11 is 0. The third-order valence-corrected chi connectivity index (χ3v) is 16.8. The van der Waals surface area contributed by atoms with Crippen LogP contribution in [-0.4, -0.2) is 15.2 Å². The Bertz CT molecular complexity index is 1570. The Hall–Kier alpha value is -2.32. The first-order valence-electron chi connectivity index (χ1n) is 16.9. The molecule has 2 aromatic rings. The normalized spacial score (nSPS) is 23.9. The molecule has 4 aliphatic rings. The molecule has 6 rings (SSSR count). The molecule has 0 aliphatic heterocycles. The molecular weight excluding hydrogens is 537 g/mol. The third kappa shape index (κ3) is 4.44. The van der Waals surface area contributed by atoms with Crippen LogP contribution in [0.2, 0.25) is 18.6 Å². The van der Waals surface area contributed by atoms with Crippen molar-refractivity contribution in [3.05, 3.63) is 79.4 Å². The Balaban J connectivity index is 1.65. The molecule has 2 bridgehead atoms. The van der Waals surface area contributed by atoms with Crippen LogP contribution in [0, 0.1) is 0 Å². The maximum Gasteiger partial charge on any atom is 0.126 e. The minimum atomic E-state index is -1.84. The Labute approximate surface area is 263 Å². The zero-order valence-corrected chi connectivity index (χ0v) is 30.6. The fourth-order valence-corrected chi connectivity index (χ4v) is 15.3. The lowest BCUT2D eigenvalue weighted by atomic mass is 9.75. The average molecular weight is 593 g/mol. The minimum absolute atomic E-state index is 0.0173. The van der Waals surface area contributed by atoms with Crippen LogP contribution in [0.15, 0.2) is 46.1 Å². The highest BCUT2D eigenvalue weighted by molar-refractivity contribution is 6.82. The lowest BCUT2D eigenvalue weighted by molar-refractivity contribution is 0.381. The Kier molecular flexibility index (Phi) is 7.02. The van der Waals surface area contributed by atoms with Crippen LogP contribution in [0.5, 0.6) is 5.75 Å². The zero-order valence-electron chi connectivity index (χ0n) is 29.6. The van der Waals surface area contributed by atoms with E-state index in [0.717, 1.165) is 11.7 Å². The van der Waals surface area contributed by atoms with Gasteiger partial charge in [-0.1, -0.05) is 83.5 Å². The van der Waals surface area contributed by atoms with Gasteiger partial charge in [-0.15, -0.1) is 0 Å². The van der Waals surface area contributed by atoms with Gasteiger partial charge in [-0.3, -0.25) is 0 Å². The lowest BCUT2D eigenvalue weighted by Gasteiger charge is -2.40. The first kappa shape index (κ1) is 30.7. The van der Waals surface area contributed by atoms with Gasteiger partial charge in [-0.05, 0) is 139 Å². The molecule has 3 atom stereocenters. The molecule has 2 heteroatoms. The lowest BCUT2D eigenvalue weighted by Crippen LogP contribution is -2.41. The van der Waals surface area contributed by atoms with E-state index in [-0.39, 0.29) is 10.8 Å². The van der Waals surface area contributed by atoms with E-state index in [9.17, 15) is 0 Å². The highest BCUT2D eigenvalue weighted by Crippen LogP contribution is 2.62. The van der Waals surface area contributed by atoms with Gasteiger partial charge >= 0.3 is 0 Å². The largest absolute Gasteiger partial charge is 0.496 e. The van der Waals surface area contributed by atoms with Crippen LogP contribution in [-0.2, 0) is 10.8 Å². The molecule has 43 heavy (non-hydrogen) atoms. The van der Waals surface area contributed by atoms with E-state index in [4.69, 9.17) is 4.74 Å². The molecule has 1 nitrogen and oxygen atoms in total. The molecule has 230 valence electrons. The van der Waals surface area contributed by atoms with Crippen molar-refractivity contribution in [2.45, 2.75) is 142 Å². The molecular formula is C41H56OSi.